The van der Waals surface area contributed by atoms with Gasteiger partial charge in [0, 0.05) is 46.5 Å². The van der Waals surface area contributed by atoms with Crippen LogP contribution >= 0.6 is 0 Å². The van der Waals surface area contributed by atoms with Crippen LogP contribution in [-0.4, -0.2) is 34.5 Å². The van der Waals surface area contributed by atoms with Crippen LogP contribution in [0.4, 0.5) is 5.69 Å². The van der Waals surface area contributed by atoms with E-state index in [4.69, 9.17) is 0 Å². The molecule has 0 fully saturated rings. The van der Waals surface area contributed by atoms with Crippen LogP contribution < -0.4 is 5.32 Å². The number of carbonyl (C=O) groups excluding carboxylic acids is 1. The normalized spacial score (nSPS) is 12.1. The van der Waals surface area contributed by atoms with Crippen LogP contribution in [0.2, 0.25) is 0 Å². The Kier molecular flexibility index (Phi) is 4.33. The number of hydrogen-bond acceptors (Lipinski definition) is 4. The minimum Gasteiger partial charge on any atom is -0.341 e. The molecular formula is C23H20N4O3S. The van der Waals surface area contributed by atoms with Gasteiger partial charge in [-0.25, -0.2) is 13.4 Å². The zero-order chi connectivity index (χ0) is 21.8. The van der Waals surface area contributed by atoms with Crippen molar-refractivity contribution in [2.24, 2.45) is 0 Å². The van der Waals surface area contributed by atoms with Gasteiger partial charge in [0.25, 0.3) is 5.91 Å². The number of amides is 1. The van der Waals surface area contributed by atoms with E-state index in [9.17, 15) is 13.2 Å². The molecule has 5 rings (SSSR count). The van der Waals surface area contributed by atoms with Crippen molar-refractivity contribution in [3.63, 3.8) is 0 Å². The van der Waals surface area contributed by atoms with Crippen molar-refractivity contribution in [1.29, 1.82) is 0 Å². The van der Waals surface area contributed by atoms with E-state index < -0.39 is 15.7 Å². The maximum Gasteiger partial charge on any atom is 0.276 e. The van der Waals surface area contributed by atoms with E-state index in [2.05, 4.69) is 33.9 Å². The molecule has 0 saturated carbocycles. The number of pyridine rings is 1. The second-order valence-electron chi connectivity index (χ2n) is 7.42. The fourth-order valence-corrected chi connectivity index (χ4v) is 4.87. The summed E-state index contributed by atoms with van der Waals surface area (Å²) in [6, 6.07) is 19.1. The zero-order valence-corrected chi connectivity index (χ0v) is 17.8. The molecule has 0 aliphatic carbocycles. The quantitative estimate of drug-likeness (QED) is 0.463. The Morgan fingerprint density at radius 2 is 1.68 bits per heavy atom. The standard InChI is InChI=1S/C23H20N4O3S/c1-3-26-18-9-5-4-8-16(18)17-14-15(11-12-19(17)26)24-22(28)21-20-10-6-7-13-27(20)23(25-21)31(2,29)30/h4-14H,3H2,1-2H3,(H,24,28). The maximum atomic E-state index is 13.0. The third kappa shape index (κ3) is 3.07. The molecular weight excluding hydrogens is 412 g/mol. The third-order valence-corrected chi connectivity index (χ3v) is 6.36. The molecule has 2 aromatic carbocycles. The summed E-state index contributed by atoms with van der Waals surface area (Å²) in [5.41, 5.74) is 3.35. The summed E-state index contributed by atoms with van der Waals surface area (Å²) in [6.07, 6.45) is 2.66. The van der Waals surface area contributed by atoms with Crippen molar-refractivity contribution in [1.82, 2.24) is 14.0 Å². The molecule has 8 heteroatoms. The van der Waals surface area contributed by atoms with Gasteiger partial charge in [0.05, 0.1) is 5.52 Å². The predicted molar refractivity (Wildman–Crippen MR) is 121 cm³/mol. The Labute approximate surface area is 178 Å². The number of carbonyl (C=O) groups is 1. The maximum absolute atomic E-state index is 13.0. The smallest absolute Gasteiger partial charge is 0.276 e. The second kappa shape index (κ2) is 6.95. The lowest BCUT2D eigenvalue weighted by atomic mass is 10.1. The van der Waals surface area contributed by atoms with Crippen molar-refractivity contribution in [3.05, 3.63) is 72.6 Å². The molecule has 3 aromatic heterocycles. The first-order valence-corrected chi connectivity index (χ1v) is 11.8. The molecule has 31 heavy (non-hydrogen) atoms. The number of benzene rings is 2. The number of aromatic nitrogens is 3. The summed E-state index contributed by atoms with van der Waals surface area (Å²) in [7, 11) is -3.60. The number of nitrogens with one attached hydrogen (secondary N) is 1. The Balaban J connectivity index is 1.59. The first kappa shape index (κ1) is 19.3. The number of anilines is 1. The average Bonchev–Trinajstić information content (AvgIpc) is 3.30. The van der Waals surface area contributed by atoms with E-state index in [1.807, 2.05) is 30.3 Å². The highest BCUT2D eigenvalue weighted by Gasteiger charge is 2.23. The Hall–Kier alpha value is -3.65. The fraction of sp³-hybridized carbons (Fsp3) is 0.130. The highest BCUT2D eigenvalue weighted by Crippen LogP contribution is 2.31. The lowest BCUT2D eigenvalue weighted by Crippen LogP contribution is -2.13. The van der Waals surface area contributed by atoms with E-state index >= 15 is 0 Å². The Morgan fingerprint density at radius 1 is 0.968 bits per heavy atom. The molecule has 1 amide bonds. The Morgan fingerprint density at radius 3 is 2.45 bits per heavy atom. The van der Waals surface area contributed by atoms with E-state index in [0.717, 1.165) is 34.6 Å². The molecule has 0 atom stereocenters. The summed E-state index contributed by atoms with van der Waals surface area (Å²) in [5, 5.41) is 4.88. The molecule has 0 bridgehead atoms. The summed E-state index contributed by atoms with van der Waals surface area (Å²) in [6.45, 7) is 2.94. The number of hydrogen-bond donors (Lipinski definition) is 1. The molecule has 1 N–H and O–H groups in total. The molecule has 0 spiro atoms. The average molecular weight is 433 g/mol. The van der Waals surface area contributed by atoms with Gasteiger partial charge in [-0.05, 0) is 43.3 Å². The molecule has 0 saturated heterocycles. The summed E-state index contributed by atoms with van der Waals surface area (Å²) < 4.78 is 27.9. The van der Waals surface area contributed by atoms with Crippen LogP contribution in [0.1, 0.15) is 17.4 Å². The van der Waals surface area contributed by atoms with Gasteiger partial charge in [-0.1, -0.05) is 24.3 Å². The molecule has 3 heterocycles. The molecule has 156 valence electrons. The molecule has 0 aliphatic rings. The number of aryl methyl sites for hydroxylation is 1. The molecule has 0 radical (unpaired) electrons. The van der Waals surface area contributed by atoms with Crippen LogP contribution in [0.15, 0.2) is 72.0 Å². The third-order valence-electron chi connectivity index (χ3n) is 5.41. The number of imidazole rings is 1. The van der Waals surface area contributed by atoms with Crippen molar-refractivity contribution in [3.8, 4) is 0 Å². The lowest BCUT2D eigenvalue weighted by molar-refractivity contribution is 0.102. The number of fused-ring (bicyclic) bond motifs is 4. The van der Waals surface area contributed by atoms with Crippen molar-refractivity contribution in [2.75, 3.05) is 11.6 Å². The highest BCUT2D eigenvalue weighted by molar-refractivity contribution is 7.90. The lowest BCUT2D eigenvalue weighted by Gasteiger charge is -2.06. The van der Waals surface area contributed by atoms with Crippen molar-refractivity contribution < 1.29 is 13.2 Å². The van der Waals surface area contributed by atoms with E-state index in [1.54, 1.807) is 24.4 Å². The molecule has 0 unspecified atom stereocenters. The van der Waals surface area contributed by atoms with Gasteiger partial charge in [-0.15, -0.1) is 0 Å². The number of sulfone groups is 1. The zero-order valence-electron chi connectivity index (χ0n) is 17.0. The van der Waals surface area contributed by atoms with Gasteiger partial charge < -0.3 is 9.88 Å². The number of nitrogens with zero attached hydrogens (tertiary/aromatic N) is 3. The number of para-hydroxylation sites is 1. The fourth-order valence-electron chi connectivity index (χ4n) is 4.10. The van der Waals surface area contributed by atoms with Crippen molar-refractivity contribution >= 4 is 48.8 Å². The van der Waals surface area contributed by atoms with Gasteiger partial charge in [0.1, 0.15) is 0 Å². The number of rotatable bonds is 4. The summed E-state index contributed by atoms with van der Waals surface area (Å²) in [4.78, 5) is 17.2. The van der Waals surface area contributed by atoms with E-state index in [0.29, 0.717) is 11.2 Å². The minimum atomic E-state index is -3.60. The molecule has 5 aromatic rings. The SMILES string of the molecule is CCn1c2ccccc2c2cc(NC(=O)c3nc(S(C)(=O)=O)n4ccccc34)ccc21. The van der Waals surface area contributed by atoms with Crippen LogP contribution in [0, 0.1) is 0 Å². The monoisotopic (exact) mass is 432 g/mol. The highest BCUT2D eigenvalue weighted by atomic mass is 32.2. The summed E-state index contributed by atoms with van der Waals surface area (Å²) >= 11 is 0. The van der Waals surface area contributed by atoms with Gasteiger partial charge in [0.2, 0.25) is 15.0 Å². The first-order valence-electron chi connectivity index (χ1n) is 9.88. The molecule has 0 aliphatic heterocycles. The first-order chi connectivity index (χ1) is 14.9. The van der Waals surface area contributed by atoms with Gasteiger partial charge in [-0.3, -0.25) is 9.20 Å². The molecule has 7 nitrogen and oxygen atoms in total. The van der Waals surface area contributed by atoms with Gasteiger partial charge in [0.15, 0.2) is 5.69 Å². The van der Waals surface area contributed by atoms with Crippen LogP contribution in [0.5, 0.6) is 0 Å². The largest absolute Gasteiger partial charge is 0.341 e. The minimum absolute atomic E-state index is 0.0668. The van der Waals surface area contributed by atoms with Crippen molar-refractivity contribution in [2.45, 2.75) is 18.6 Å². The topological polar surface area (TPSA) is 85.5 Å². The predicted octanol–water partition coefficient (Wildman–Crippen LogP) is 4.12. The van der Waals surface area contributed by atoms with Gasteiger partial charge >= 0.3 is 0 Å². The van der Waals surface area contributed by atoms with E-state index in [-0.39, 0.29) is 10.9 Å². The van der Waals surface area contributed by atoms with Gasteiger partial charge in [-0.2, -0.15) is 0 Å². The second-order valence-corrected chi connectivity index (χ2v) is 9.33. The Bertz CT molecular complexity index is 1600. The van der Waals surface area contributed by atoms with E-state index in [1.165, 1.54) is 4.40 Å². The van der Waals surface area contributed by atoms with Crippen LogP contribution in [-0.2, 0) is 16.4 Å². The summed E-state index contributed by atoms with van der Waals surface area (Å²) in [5.74, 6) is -0.461. The van der Waals surface area contributed by atoms with Crippen LogP contribution in [0.25, 0.3) is 27.3 Å². The van der Waals surface area contributed by atoms with Crippen LogP contribution in [0.3, 0.4) is 0 Å².